The molecule has 1 aliphatic rings. The second-order valence-corrected chi connectivity index (χ2v) is 8.11. The van der Waals surface area contributed by atoms with Crippen LogP contribution in [0.25, 0.3) is 11.0 Å². The van der Waals surface area contributed by atoms with Gasteiger partial charge in [-0.05, 0) is 18.2 Å². The summed E-state index contributed by atoms with van der Waals surface area (Å²) < 4.78 is 26.9. The molecular formula is C15H20N4O4S. The third-order valence-corrected chi connectivity index (χ3v) is 6.06. The predicted molar refractivity (Wildman–Crippen MR) is 89.1 cm³/mol. The van der Waals surface area contributed by atoms with E-state index in [9.17, 15) is 18.0 Å². The Morgan fingerprint density at radius 2 is 1.71 bits per heavy atom. The van der Waals surface area contributed by atoms with Gasteiger partial charge in [-0.25, -0.2) is 13.2 Å². The van der Waals surface area contributed by atoms with Gasteiger partial charge in [0.05, 0.1) is 15.9 Å². The summed E-state index contributed by atoms with van der Waals surface area (Å²) in [6.45, 7) is 4.97. The van der Waals surface area contributed by atoms with Crippen LogP contribution in [0.2, 0.25) is 0 Å². The number of H-pyrrole nitrogens is 2. The first kappa shape index (κ1) is 16.7. The minimum atomic E-state index is -3.65. The van der Waals surface area contributed by atoms with Gasteiger partial charge in [-0.3, -0.25) is 4.79 Å². The van der Waals surface area contributed by atoms with Gasteiger partial charge in [0.1, 0.15) is 0 Å². The molecule has 8 nitrogen and oxygen atoms in total. The molecule has 0 radical (unpaired) electrons. The van der Waals surface area contributed by atoms with E-state index in [0.717, 1.165) is 0 Å². The van der Waals surface area contributed by atoms with Gasteiger partial charge in [-0.1, -0.05) is 13.8 Å². The molecule has 130 valence electrons. The molecule has 2 heterocycles. The van der Waals surface area contributed by atoms with Crippen molar-refractivity contribution in [1.82, 2.24) is 19.2 Å². The van der Waals surface area contributed by atoms with E-state index in [0.29, 0.717) is 24.1 Å². The number of carbonyl (C=O) groups excluding carboxylic acids is 1. The van der Waals surface area contributed by atoms with Crippen molar-refractivity contribution in [3.8, 4) is 0 Å². The van der Waals surface area contributed by atoms with Crippen molar-refractivity contribution in [2.75, 3.05) is 26.2 Å². The highest BCUT2D eigenvalue weighted by Crippen LogP contribution is 2.21. The maximum atomic E-state index is 12.8. The van der Waals surface area contributed by atoms with Crippen molar-refractivity contribution in [2.24, 2.45) is 5.92 Å². The third-order valence-electron chi connectivity index (χ3n) is 4.17. The number of imidazole rings is 1. The summed E-state index contributed by atoms with van der Waals surface area (Å²) in [6, 6.07) is 4.50. The van der Waals surface area contributed by atoms with E-state index >= 15 is 0 Å². The van der Waals surface area contributed by atoms with E-state index in [1.807, 2.05) is 13.8 Å². The second kappa shape index (κ2) is 6.06. The minimum Gasteiger partial charge on any atom is -0.340 e. The average molecular weight is 352 g/mol. The number of fused-ring (bicyclic) bond motifs is 1. The number of amides is 1. The summed E-state index contributed by atoms with van der Waals surface area (Å²) in [7, 11) is -3.65. The number of rotatable bonds is 3. The van der Waals surface area contributed by atoms with Crippen LogP contribution in [0, 0.1) is 5.92 Å². The first-order chi connectivity index (χ1) is 11.3. The Morgan fingerprint density at radius 1 is 1.08 bits per heavy atom. The molecule has 24 heavy (non-hydrogen) atoms. The van der Waals surface area contributed by atoms with E-state index in [1.54, 1.807) is 11.0 Å². The van der Waals surface area contributed by atoms with E-state index in [1.165, 1.54) is 16.4 Å². The quantitative estimate of drug-likeness (QED) is 0.831. The number of aromatic nitrogens is 2. The van der Waals surface area contributed by atoms with Crippen LogP contribution in [-0.2, 0) is 14.8 Å². The molecule has 3 rings (SSSR count). The molecule has 1 amide bonds. The van der Waals surface area contributed by atoms with E-state index in [-0.39, 0.29) is 35.5 Å². The first-order valence-corrected chi connectivity index (χ1v) is 9.24. The normalized spacial score (nSPS) is 16.9. The van der Waals surface area contributed by atoms with Gasteiger partial charge in [0.25, 0.3) is 0 Å². The van der Waals surface area contributed by atoms with Crippen LogP contribution >= 0.6 is 0 Å². The molecule has 0 spiro atoms. The first-order valence-electron chi connectivity index (χ1n) is 7.80. The van der Waals surface area contributed by atoms with Crippen LogP contribution in [0.1, 0.15) is 13.8 Å². The van der Waals surface area contributed by atoms with Crippen LogP contribution in [0.15, 0.2) is 27.9 Å². The molecule has 1 saturated heterocycles. The monoisotopic (exact) mass is 352 g/mol. The largest absolute Gasteiger partial charge is 0.340 e. The number of benzene rings is 1. The van der Waals surface area contributed by atoms with Crippen LogP contribution in [0.4, 0.5) is 0 Å². The average Bonchev–Trinajstić information content (AvgIpc) is 2.93. The highest BCUT2D eigenvalue weighted by molar-refractivity contribution is 7.89. The van der Waals surface area contributed by atoms with Gasteiger partial charge in [0.2, 0.25) is 15.9 Å². The zero-order valence-corrected chi connectivity index (χ0v) is 14.4. The van der Waals surface area contributed by atoms with Crippen molar-refractivity contribution < 1.29 is 13.2 Å². The zero-order chi connectivity index (χ0) is 17.5. The van der Waals surface area contributed by atoms with Gasteiger partial charge in [-0.2, -0.15) is 4.31 Å². The molecule has 0 unspecified atom stereocenters. The van der Waals surface area contributed by atoms with Crippen LogP contribution in [0.3, 0.4) is 0 Å². The summed E-state index contributed by atoms with van der Waals surface area (Å²) in [4.78, 5) is 30.3. The van der Waals surface area contributed by atoms with Gasteiger partial charge >= 0.3 is 5.69 Å². The fourth-order valence-electron chi connectivity index (χ4n) is 2.84. The molecule has 9 heteroatoms. The molecule has 1 fully saturated rings. The SMILES string of the molecule is CC(C)C(=O)N1CCN(S(=O)(=O)c2ccc3[nH]c(=O)[nH]c3c2)CC1. The number of hydrogen-bond donors (Lipinski definition) is 2. The second-order valence-electron chi connectivity index (χ2n) is 6.17. The van der Waals surface area contributed by atoms with Gasteiger partial charge in [0.15, 0.2) is 0 Å². The molecule has 0 saturated carbocycles. The Hall–Kier alpha value is -2.13. The number of piperazine rings is 1. The Labute approximate surface area is 139 Å². The maximum Gasteiger partial charge on any atom is 0.323 e. The highest BCUT2D eigenvalue weighted by Gasteiger charge is 2.30. The lowest BCUT2D eigenvalue weighted by Gasteiger charge is -2.34. The maximum absolute atomic E-state index is 12.8. The van der Waals surface area contributed by atoms with Crippen LogP contribution in [0.5, 0.6) is 0 Å². The minimum absolute atomic E-state index is 0.0402. The predicted octanol–water partition coefficient (Wildman–Crippen LogP) is 0.345. The van der Waals surface area contributed by atoms with Crippen LogP contribution < -0.4 is 5.69 Å². The summed E-state index contributed by atoms with van der Waals surface area (Å²) in [5, 5.41) is 0. The zero-order valence-electron chi connectivity index (χ0n) is 13.6. The molecule has 2 aromatic rings. The molecule has 1 aromatic carbocycles. The van der Waals surface area contributed by atoms with Crippen molar-refractivity contribution in [1.29, 1.82) is 0 Å². The molecule has 0 bridgehead atoms. The van der Waals surface area contributed by atoms with Gasteiger partial charge < -0.3 is 14.9 Å². The summed E-state index contributed by atoms with van der Waals surface area (Å²) in [5.74, 6) is -0.0562. The third kappa shape index (κ3) is 2.96. The van der Waals surface area contributed by atoms with Crippen molar-refractivity contribution in [3.63, 3.8) is 0 Å². The fourth-order valence-corrected chi connectivity index (χ4v) is 4.28. The van der Waals surface area contributed by atoms with Crippen molar-refractivity contribution >= 4 is 27.0 Å². The summed E-state index contributed by atoms with van der Waals surface area (Å²) >= 11 is 0. The standard InChI is InChI=1S/C15H20N4O4S/c1-10(2)14(20)18-5-7-19(8-6-18)24(22,23)11-3-4-12-13(9-11)17-15(21)16-12/h3-4,9-10H,5-8H2,1-2H3,(H2,16,17,21). The van der Waals surface area contributed by atoms with Gasteiger partial charge in [0, 0.05) is 32.1 Å². The molecular weight excluding hydrogens is 332 g/mol. The smallest absolute Gasteiger partial charge is 0.323 e. The topological polar surface area (TPSA) is 106 Å². The van der Waals surface area contributed by atoms with E-state index in [4.69, 9.17) is 0 Å². The van der Waals surface area contributed by atoms with E-state index < -0.39 is 10.0 Å². The van der Waals surface area contributed by atoms with Crippen LogP contribution in [-0.4, -0.2) is 59.7 Å². The Kier molecular flexibility index (Phi) is 4.22. The Morgan fingerprint density at radius 3 is 2.33 bits per heavy atom. The molecule has 0 atom stereocenters. The summed E-state index contributed by atoms with van der Waals surface area (Å²) in [6.07, 6.45) is 0. The summed E-state index contributed by atoms with van der Waals surface area (Å²) in [5.41, 5.74) is 0.640. The number of hydrogen-bond acceptors (Lipinski definition) is 4. The van der Waals surface area contributed by atoms with E-state index in [2.05, 4.69) is 9.97 Å². The highest BCUT2D eigenvalue weighted by atomic mass is 32.2. The molecule has 0 aliphatic carbocycles. The Balaban J connectivity index is 1.80. The lowest BCUT2D eigenvalue weighted by atomic mass is 10.2. The van der Waals surface area contributed by atoms with Gasteiger partial charge in [-0.15, -0.1) is 0 Å². The number of sulfonamides is 1. The van der Waals surface area contributed by atoms with Crippen molar-refractivity contribution in [3.05, 3.63) is 28.7 Å². The molecule has 1 aromatic heterocycles. The number of nitrogens with zero attached hydrogens (tertiary/aromatic N) is 2. The number of carbonyl (C=O) groups is 1. The molecule has 2 N–H and O–H groups in total. The number of nitrogens with one attached hydrogen (secondary N) is 2. The Bertz CT molecular complexity index is 920. The lowest BCUT2D eigenvalue weighted by Crippen LogP contribution is -2.51. The fraction of sp³-hybridized carbons (Fsp3) is 0.467. The molecule has 1 aliphatic heterocycles. The lowest BCUT2D eigenvalue weighted by molar-refractivity contribution is -0.135. The van der Waals surface area contributed by atoms with Crippen molar-refractivity contribution in [2.45, 2.75) is 18.7 Å². The number of aromatic amines is 2.